The molecule has 2 rings (SSSR count). The Morgan fingerprint density at radius 3 is 2.75 bits per heavy atom. The van der Waals surface area contributed by atoms with E-state index in [1.54, 1.807) is 0 Å². The first-order chi connectivity index (χ1) is 9.48. The van der Waals surface area contributed by atoms with E-state index in [4.69, 9.17) is 0 Å². The van der Waals surface area contributed by atoms with Gasteiger partial charge in [0.15, 0.2) is 0 Å². The minimum Gasteiger partial charge on any atom is -0.348 e. The Balaban J connectivity index is 1.80. The molecular weight excluding hydrogens is 318 g/mol. The van der Waals surface area contributed by atoms with Gasteiger partial charge in [-0.15, -0.1) is 0 Å². The Kier molecular flexibility index (Phi) is 5.18. The predicted molar refractivity (Wildman–Crippen MR) is 84.6 cm³/mol. The van der Waals surface area contributed by atoms with Gasteiger partial charge in [0.2, 0.25) is 5.91 Å². The van der Waals surface area contributed by atoms with E-state index in [1.807, 2.05) is 31.2 Å². The fraction of sp³-hybridized carbons (Fsp3) is 0.533. The molecule has 2 atom stereocenters. The molecule has 5 heteroatoms. The summed E-state index contributed by atoms with van der Waals surface area (Å²) in [4.78, 5) is 12.0. The fourth-order valence-corrected chi connectivity index (χ4v) is 2.65. The van der Waals surface area contributed by atoms with Crippen molar-refractivity contribution in [3.63, 3.8) is 0 Å². The summed E-state index contributed by atoms with van der Waals surface area (Å²) in [6, 6.07) is 8.03. The van der Waals surface area contributed by atoms with Gasteiger partial charge in [-0.3, -0.25) is 4.79 Å². The van der Waals surface area contributed by atoms with Crippen LogP contribution < -0.4 is 16.0 Å². The molecule has 110 valence electrons. The van der Waals surface area contributed by atoms with E-state index in [0.717, 1.165) is 29.5 Å². The van der Waals surface area contributed by atoms with Crippen LogP contribution in [-0.2, 0) is 4.79 Å². The molecular formula is C15H22BrN3O. The lowest BCUT2D eigenvalue weighted by molar-refractivity contribution is -0.121. The van der Waals surface area contributed by atoms with Crippen molar-refractivity contribution in [3.05, 3.63) is 34.3 Å². The number of carbonyl (C=O) groups is 1. The lowest BCUT2D eigenvalue weighted by atomic mass is 10.0. The van der Waals surface area contributed by atoms with Crippen LogP contribution in [0.2, 0.25) is 0 Å². The molecule has 1 aromatic carbocycles. The van der Waals surface area contributed by atoms with Crippen molar-refractivity contribution in [2.24, 2.45) is 0 Å². The molecule has 0 saturated carbocycles. The summed E-state index contributed by atoms with van der Waals surface area (Å²) in [6.45, 7) is 6.44. The molecule has 0 spiro atoms. The van der Waals surface area contributed by atoms with Crippen molar-refractivity contribution in [1.82, 2.24) is 16.0 Å². The zero-order valence-electron chi connectivity index (χ0n) is 12.0. The molecule has 1 aromatic rings. The summed E-state index contributed by atoms with van der Waals surface area (Å²) in [7, 11) is 0. The van der Waals surface area contributed by atoms with Crippen LogP contribution in [0, 0.1) is 0 Å². The maximum absolute atomic E-state index is 12.0. The van der Waals surface area contributed by atoms with Crippen molar-refractivity contribution in [3.8, 4) is 0 Å². The van der Waals surface area contributed by atoms with Gasteiger partial charge >= 0.3 is 0 Å². The number of carbonyl (C=O) groups excluding carboxylic acids is 1. The first kappa shape index (κ1) is 15.5. The molecule has 0 aromatic heterocycles. The van der Waals surface area contributed by atoms with Crippen molar-refractivity contribution >= 4 is 21.8 Å². The van der Waals surface area contributed by atoms with Gasteiger partial charge < -0.3 is 16.0 Å². The van der Waals surface area contributed by atoms with Crippen LogP contribution in [0.4, 0.5) is 0 Å². The molecule has 1 amide bonds. The highest BCUT2D eigenvalue weighted by Crippen LogP contribution is 2.16. The Labute approximate surface area is 128 Å². The van der Waals surface area contributed by atoms with Gasteiger partial charge in [-0.25, -0.2) is 0 Å². The third kappa shape index (κ3) is 4.30. The van der Waals surface area contributed by atoms with Crippen LogP contribution in [-0.4, -0.2) is 31.1 Å². The second kappa shape index (κ2) is 6.70. The molecule has 2 unspecified atom stereocenters. The van der Waals surface area contributed by atoms with Crippen LogP contribution in [0.15, 0.2) is 28.7 Å². The maximum Gasteiger partial charge on any atom is 0.234 e. The van der Waals surface area contributed by atoms with Crippen molar-refractivity contribution in [1.29, 1.82) is 0 Å². The van der Waals surface area contributed by atoms with E-state index < -0.39 is 0 Å². The Hall–Kier alpha value is -0.910. The van der Waals surface area contributed by atoms with Gasteiger partial charge in [0.1, 0.15) is 0 Å². The van der Waals surface area contributed by atoms with Gasteiger partial charge in [0.25, 0.3) is 0 Å². The maximum atomic E-state index is 12.0. The summed E-state index contributed by atoms with van der Waals surface area (Å²) in [6.07, 6.45) is 1.06. The summed E-state index contributed by atoms with van der Waals surface area (Å²) in [5, 5.41) is 9.67. The highest BCUT2D eigenvalue weighted by molar-refractivity contribution is 9.10. The van der Waals surface area contributed by atoms with Gasteiger partial charge in [-0.1, -0.05) is 28.1 Å². The van der Waals surface area contributed by atoms with Crippen LogP contribution in [0.25, 0.3) is 0 Å². The normalized spacial score (nSPS) is 23.6. The lowest BCUT2D eigenvalue weighted by Crippen LogP contribution is -2.48. The summed E-state index contributed by atoms with van der Waals surface area (Å²) < 4.78 is 1.04. The Morgan fingerprint density at radius 1 is 1.45 bits per heavy atom. The molecule has 0 aliphatic carbocycles. The molecule has 1 aliphatic heterocycles. The van der Waals surface area contributed by atoms with Crippen molar-refractivity contribution in [2.45, 2.75) is 31.8 Å². The summed E-state index contributed by atoms with van der Waals surface area (Å²) >= 11 is 3.41. The van der Waals surface area contributed by atoms with Gasteiger partial charge in [0.05, 0.1) is 12.6 Å². The number of rotatable bonds is 5. The van der Waals surface area contributed by atoms with Crippen LogP contribution in [0.5, 0.6) is 0 Å². The van der Waals surface area contributed by atoms with Crippen LogP contribution in [0.1, 0.15) is 31.9 Å². The first-order valence-electron chi connectivity index (χ1n) is 6.99. The smallest absolute Gasteiger partial charge is 0.234 e. The van der Waals surface area contributed by atoms with E-state index in [1.165, 1.54) is 0 Å². The predicted octanol–water partition coefficient (Wildman–Crippen LogP) is 1.97. The number of hydrogen-bond acceptors (Lipinski definition) is 3. The minimum absolute atomic E-state index is 0.0203. The molecule has 1 aliphatic rings. The molecule has 4 nitrogen and oxygen atoms in total. The average molecular weight is 340 g/mol. The van der Waals surface area contributed by atoms with Crippen LogP contribution >= 0.6 is 15.9 Å². The van der Waals surface area contributed by atoms with Crippen molar-refractivity contribution in [2.75, 3.05) is 19.6 Å². The second-order valence-electron chi connectivity index (χ2n) is 5.68. The van der Waals surface area contributed by atoms with E-state index in [2.05, 4.69) is 38.8 Å². The molecule has 3 N–H and O–H groups in total. The fourth-order valence-electron chi connectivity index (χ4n) is 2.39. The van der Waals surface area contributed by atoms with Gasteiger partial charge in [0, 0.05) is 16.6 Å². The third-order valence-corrected chi connectivity index (χ3v) is 4.32. The molecule has 1 saturated heterocycles. The van der Waals surface area contributed by atoms with Gasteiger partial charge in [-0.05, 0) is 44.5 Å². The zero-order valence-corrected chi connectivity index (χ0v) is 13.6. The standard InChI is InChI=1S/C15H22BrN3O/c1-11(12-3-5-13(16)6-4-12)19-14(20)9-18-15(2)7-8-17-10-15/h3-6,11,17-18H,7-10H2,1-2H3,(H,19,20). The molecule has 20 heavy (non-hydrogen) atoms. The number of nitrogens with one attached hydrogen (secondary N) is 3. The highest BCUT2D eigenvalue weighted by Gasteiger charge is 2.28. The largest absolute Gasteiger partial charge is 0.348 e. The topological polar surface area (TPSA) is 53.2 Å². The van der Waals surface area contributed by atoms with E-state index >= 15 is 0 Å². The average Bonchev–Trinajstić information content (AvgIpc) is 2.85. The Bertz CT molecular complexity index is 455. The first-order valence-corrected chi connectivity index (χ1v) is 7.78. The lowest BCUT2D eigenvalue weighted by Gasteiger charge is -2.24. The molecule has 0 radical (unpaired) electrons. The minimum atomic E-state index is 0.0203. The van der Waals surface area contributed by atoms with Crippen molar-refractivity contribution < 1.29 is 4.79 Å². The van der Waals surface area contributed by atoms with E-state index in [-0.39, 0.29) is 17.5 Å². The number of hydrogen-bond donors (Lipinski definition) is 3. The second-order valence-corrected chi connectivity index (χ2v) is 6.60. The highest BCUT2D eigenvalue weighted by atomic mass is 79.9. The molecule has 1 heterocycles. The summed E-state index contributed by atoms with van der Waals surface area (Å²) in [5.74, 6) is 0.0357. The summed E-state index contributed by atoms with van der Waals surface area (Å²) in [5.41, 5.74) is 1.15. The number of benzene rings is 1. The quantitative estimate of drug-likeness (QED) is 0.768. The SMILES string of the molecule is CC(NC(=O)CNC1(C)CCNC1)c1ccc(Br)cc1. The Morgan fingerprint density at radius 2 is 2.15 bits per heavy atom. The van der Waals surface area contributed by atoms with Crippen LogP contribution in [0.3, 0.4) is 0 Å². The van der Waals surface area contributed by atoms with E-state index in [9.17, 15) is 4.79 Å². The molecule has 0 bridgehead atoms. The van der Waals surface area contributed by atoms with E-state index in [0.29, 0.717) is 6.54 Å². The number of halogens is 1. The monoisotopic (exact) mass is 339 g/mol. The third-order valence-electron chi connectivity index (χ3n) is 3.79. The zero-order chi connectivity index (χ0) is 14.6. The number of amides is 1. The molecule has 1 fully saturated rings. The van der Waals surface area contributed by atoms with Gasteiger partial charge in [-0.2, -0.15) is 0 Å².